The van der Waals surface area contributed by atoms with Gasteiger partial charge < -0.3 is 16.8 Å². The zero-order chi connectivity index (χ0) is 12.1. The van der Waals surface area contributed by atoms with E-state index in [1.807, 2.05) is 0 Å². The second-order valence-electron chi connectivity index (χ2n) is 3.63. The summed E-state index contributed by atoms with van der Waals surface area (Å²) >= 11 is 0. The van der Waals surface area contributed by atoms with Gasteiger partial charge in [-0.2, -0.15) is 0 Å². The fraction of sp³-hybridized carbons (Fsp3) is 0.273. The van der Waals surface area contributed by atoms with Crippen LogP contribution < -0.4 is 16.8 Å². The molecule has 2 amide bonds. The highest BCUT2D eigenvalue weighted by Crippen LogP contribution is 2.10. The van der Waals surface area contributed by atoms with Crippen LogP contribution >= 0.6 is 0 Å². The van der Waals surface area contributed by atoms with E-state index in [0.29, 0.717) is 11.3 Å². The van der Waals surface area contributed by atoms with Crippen molar-refractivity contribution in [1.82, 2.24) is 5.32 Å². The first-order valence-corrected chi connectivity index (χ1v) is 4.94. The van der Waals surface area contributed by atoms with Crippen LogP contribution in [-0.2, 0) is 4.79 Å². The van der Waals surface area contributed by atoms with Crippen molar-refractivity contribution in [2.75, 3.05) is 5.73 Å². The SMILES string of the molecule is CC(CC(N)=O)NC(=O)c1ccccc1N. The first-order valence-electron chi connectivity index (χ1n) is 4.94. The highest BCUT2D eigenvalue weighted by molar-refractivity contribution is 5.99. The van der Waals surface area contributed by atoms with E-state index in [9.17, 15) is 9.59 Å². The Balaban J connectivity index is 2.66. The number of primary amides is 1. The molecule has 0 bridgehead atoms. The average molecular weight is 221 g/mol. The number of nitrogen functional groups attached to an aromatic ring is 1. The van der Waals surface area contributed by atoms with Gasteiger partial charge in [-0.3, -0.25) is 9.59 Å². The molecule has 0 aliphatic rings. The molecule has 1 atom stereocenters. The van der Waals surface area contributed by atoms with Crippen LogP contribution in [-0.4, -0.2) is 17.9 Å². The maximum atomic E-state index is 11.7. The summed E-state index contributed by atoms with van der Waals surface area (Å²) in [6, 6.07) is 6.45. The van der Waals surface area contributed by atoms with Crippen LogP contribution in [0.3, 0.4) is 0 Å². The van der Waals surface area contributed by atoms with E-state index >= 15 is 0 Å². The third-order valence-electron chi connectivity index (χ3n) is 2.09. The molecule has 16 heavy (non-hydrogen) atoms. The third kappa shape index (κ3) is 3.27. The fourth-order valence-corrected chi connectivity index (χ4v) is 1.36. The third-order valence-corrected chi connectivity index (χ3v) is 2.09. The number of nitrogens with two attached hydrogens (primary N) is 2. The smallest absolute Gasteiger partial charge is 0.253 e. The highest BCUT2D eigenvalue weighted by Gasteiger charge is 2.13. The topological polar surface area (TPSA) is 98.2 Å². The van der Waals surface area contributed by atoms with Gasteiger partial charge in [-0.25, -0.2) is 0 Å². The van der Waals surface area contributed by atoms with Crippen LogP contribution in [0.4, 0.5) is 5.69 Å². The first-order chi connectivity index (χ1) is 7.50. The number of para-hydroxylation sites is 1. The first kappa shape index (κ1) is 12.0. The van der Waals surface area contributed by atoms with Crippen molar-refractivity contribution >= 4 is 17.5 Å². The molecule has 5 N–H and O–H groups in total. The number of amides is 2. The van der Waals surface area contributed by atoms with Crippen molar-refractivity contribution in [3.63, 3.8) is 0 Å². The van der Waals surface area contributed by atoms with Gasteiger partial charge in [0.2, 0.25) is 5.91 Å². The summed E-state index contributed by atoms with van der Waals surface area (Å²) in [5, 5.41) is 2.65. The Bertz CT molecular complexity index is 404. The minimum Gasteiger partial charge on any atom is -0.398 e. The van der Waals surface area contributed by atoms with E-state index in [4.69, 9.17) is 11.5 Å². The number of hydrogen-bond donors (Lipinski definition) is 3. The molecule has 0 aromatic heterocycles. The summed E-state index contributed by atoms with van der Waals surface area (Å²) in [7, 11) is 0. The van der Waals surface area contributed by atoms with E-state index in [2.05, 4.69) is 5.32 Å². The van der Waals surface area contributed by atoms with E-state index in [-0.39, 0.29) is 18.4 Å². The molecule has 1 rings (SSSR count). The zero-order valence-electron chi connectivity index (χ0n) is 9.07. The lowest BCUT2D eigenvalue weighted by Crippen LogP contribution is -2.36. The number of rotatable bonds is 4. The lowest BCUT2D eigenvalue weighted by molar-refractivity contribution is -0.118. The van der Waals surface area contributed by atoms with Crippen LogP contribution in [0.15, 0.2) is 24.3 Å². The average Bonchev–Trinajstić information content (AvgIpc) is 2.16. The normalized spacial score (nSPS) is 11.8. The molecule has 0 saturated heterocycles. The van der Waals surface area contributed by atoms with Crippen LogP contribution in [0.25, 0.3) is 0 Å². The molecule has 5 heteroatoms. The van der Waals surface area contributed by atoms with Gasteiger partial charge in [0.05, 0.1) is 5.56 Å². The monoisotopic (exact) mass is 221 g/mol. The largest absolute Gasteiger partial charge is 0.398 e. The summed E-state index contributed by atoms with van der Waals surface area (Å²) in [6.07, 6.45) is 0.110. The van der Waals surface area contributed by atoms with E-state index < -0.39 is 5.91 Å². The summed E-state index contributed by atoms with van der Waals surface area (Å²) in [5.74, 6) is -0.749. The molecule has 0 spiro atoms. The van der Waals surface area contributed by atoms with Gasteiger partial charge in [0.25, 0.3) is 5.91 Å². The molecule has 1 unspecified atom stereocenters. The van der Waals surface area contributed by atoms with E-state index in [1.54, 1.807) is 31.2 Å². The van der Waals surface area contributed by atoms with Gasteiger partial charge in [-0.1, -0.05) is 12.1 Å². The summed E-state index contributed by atoms with van der Waals surface area (Å²) in [5.41, 5.74) is 11.5. The molecular weight excluding hydrogens is 206 g/mol. The van der Waals surface area contributed by atoms with Crippen LogP contribution in [0, 0.1) is 0 Å². The van der Waals surface area contributed by atoms with Crippen molar-refractivity contribution in [1.29, 1.82) is 0 Å². The number of carbonyl (C=O) groups excluding carboxylic acids is 2. The van der Waals surface area contributed by atoms with Gasteiger partial charge in [-0.05, 0) is 19.1 Å². The van der Waals surface area contributed by atoms with Crippen molar-refractivity contribution in [3.8, 4) is 0 Å². The van der Waals surface area contributed by atoms with E-state index in [0.717, 1.165) is 0 Å². The van der Waals surface area contributed by atoms with Crippen LogP contribution in [0.2, 0.25) is 0 Å². The molecule has 1 aromatic rings. The summed E-state index contributed by atoms with van der Waals surface area (Å²) in [4.78, 5) is 22.4. The highest BCUT2D eigenvalue weighted by atomic mass is 16.2. The van der Waals surface area contributed by atoms with Crippen molar-refractivity contribution in [2.45, 2.75) is 19.4 Å². The second kappa shape index (κ2) is 5.16. The molecule has 0 aliphatic heterocycles. The predicted molar refractivity (Wildman–Crippen MR) is 61.6 cm³/mol. The van der Waals surface area contributed by atoms with Gasteiger partial charge in [0, 0.05) is 18.2 Å². The second-order valence-corrected chi connectivity index (χ2v) is 3.63. The number of hydrogen-bond acceptors (Lipinski definition) is 3. The summed E-state index contributed by atoms with van der Waals surface area (Å²) < 4.78 is 0. The number of anilines is 1. The Labute approximate surface area is 93.8 Å². The van der Waals surface area contributed by atoms with Crippen molar-refractivity contribution in [3.05, 3.63) is 29.8 Å². The Kier molecular flexibility index (Phi) is 3.88. The lowest BCUT2D eigenvalue weighted by Gasteiger charge is -2.12. The summed E-state index contributed by atoms with van der Waals surface area (Å²) in [6.45, 7) is 1.71. The Morgan fingerprint density at radius 1 is 1.38 bits per heavy atom. The molecule has 86 valence electrons. The van der Waals surface area contributed by atoms with E-state index in [1.165, 1.54) is 0 Å². The molecule has 0 aliphatic carbocycles. The molecule has 0 radical (unpaired) electrons. The van der Waals surface area contributed by atoms with Crippen molar-refractivity contribution in [2.24, 2.45) is 5.73 Å². The fourth-order valence-electron chi connectivity index (χ4n) is 1.36. The lowest BCUT2D eigenvalue weighted by atomic mass is 10.1. The Hall–Kier alpha value is -2.04. The van der Waals surface area contributed by atoms with Gasteiger partial charge in [0.1, 0.15) is 0 Å². The number of benzene rings is 1. The minimum absolute atomic E-state index is 0.110. The maximum Gasteiger partial charge on any atom is 0.253 e. The molecular formula is C11H15N3O2. The number of carbonyl (C=O) groups is 2. The standard InChI is InChI=1S/C11H15N3O2/c1-7(6-10(13)15)14-11(16)8-4-2-3-5-9(8)12/h2-5,7H,6,12H2,1H3,(H2,13,15)(H,14,16). The van der Waals surface area contributed by atoms with Crippen LogP contribution in [0.1, 0.15) is 23.7 Å². The Morgan fingerprint density at radius 2 is 2.00 bits per heavy atom. The molecule has 1 aromatic carbocycles. The zero-order valence-corrected chi connectivity index (χ0v) is 9.07. The van der Waals surface area contributed by atoms with Gasteiger partial charge in [-0.15, -0.1) is 0 Å². The number of nitrogens with one attached hydrogen (secondary N) is 1. The molecule has 5 nitrogen and oxygen atoms in total. The molecule has 0 heterocycles. The predicted octanol–water partition coefficient (Wildman–Crippen LogP) is 0.262. The minimum atomic E-state index is -0.450. The van der Waals surface area contributed by atoms with Crippen molar-refractivity contribution < 1.29 is 9.59 Å². The quantitative estimate of drug-likeness (QED) is 0.636. The molecule has 0 fully saturated rings. The molecule has 0 saturated carbocycles. The van der Waals surface area contributed by atoms with Crippen LogP contribution in [0.5, 0.6) is 0 Å². The Morgan fingerprint density at radius 3 is 2.56 bits per heavy atom. The van der Waals surface area contributed by atoms with Gasteiger partial charge >= 0.3 is 0 Å². The van der Waals surface area contributed by atoms with Gasteiger partial charge in [0.15, 0.2) is 0 Å². The maximum absolute atomic E-state index is 11.7.